The Balaban J connectivity index is 1.15. The molecule has 0 bridgehead atoms. The minimum atomic E-state index is 1.01. The van der Waals surface area contributed by atoms with E-state index in [4.69, 9.17) is 0 Å². The molecule has 0 aromatic heterocycles. The predicted octanol–water partition coefficient (Wildman–Crippen LogP) is 17.8. The Kier molecular flexibility index (Phi) is 9.98. The van der Waals surface area contributed by atoms with Crippen LogP contribution in [-0.4, -0.2) is 0 Å². The van der Waals surface area contributed by atoms with Crippen LogP contribution in [0.15, 0.2) is 218 Å². The van der Waals surface area contributed by atoms with Crippen molar-refractivity contribution in [3.8, 4) is 66.8 Å². The molecule has 0 unspecified atom stereocenters. The zero-order chi connectivity index (χ0) is 42.3. The van der Waals surface area contributed by atoms with E-state index in [0.29, 0.717) is 0 Å². The Morgan fingerprint density at radius 2 is 0.635 bits per heavy atom. The van der Waals surface area contributed by atoms with Gasteiger partial charge in [-0.2, -0.15) is 0 Å². The van der Waals surface area contributed by atoms with E-state index in [-0.39, 0.29) is 0 Å². The quantitative estimate of drug-likeness (QED) is 0.128. The molecule has 0 saturated carbocycles. The van der Waals surface area contributed by atoms with Gasteiger partial charge in [-0.05, 0) is 146 Å². The molecule has 0 amide bonds. The molecule has 11 aromatic carbocycles. The molecule has 0 aliphatic rings. The van der Waals surface area contributed by atoms with E-state index in [1.165, 1.54) is 121 Å². The van der Waals surface area contributed by atoms with Crippen molar-refractivity contribution in [2.45, 2.75) is 33.1 Å². The molecule has 0 nitrogen and oxygen atoms in total. The van der Waals surface area contributed by atoms with Crippen LogP contribution in [0.25, 0.3) is 110 Å². The van der Waals surface area contributed by atoms with Gasteiger partial charge in [-0.1, -0.05) is 227 Å². The van der Waals surface area contributed by atoms with Gasteiger partial charge in [-0.25, -0.2) is 0 Å². The van der Waals surface area contributed by atoms with Crippen molar-refractivity contribution in [1.29, 1.82) is 0 Å². The first-order valence-corrected chi connectivity index (χ1v) is 22.5. The average Bonchev–Trinajstić information content (AvgIpc) is 3.35. The maximum absolute atomic E-state index is 2.46. The lowest BCUT2D eigenvalue weighted by molar-refractivity contribution is 0.922. The summed E-state index contributed by atoms with van der Waals surface area (Å²) in [5.74, 6) is 0. The molecule has 0 saturated heterocycles. The fourth-order valence-electron chi connectivity index (χ4n) is 10.1. The molecule has 0 radical (unpaired) electrons. The number of benzene rings is 11. The maximum Gasteiger partial charge on any atom is -0.00261 e. The topological polar surface area (TPSA) is 0 Å². The van der Waals surface area contributed by atoms with Crippen LogP contribution < -0.4 is 0 Å². The van der Waals surface area contributed by atoms with E-state index in [9.17, 15) is 0 Å². The lowest BCUT2D eigenvalue weighted by Gasteiger charge is -2.21. The first-order chi connectivity index (χ1) is 31.2. The molecular weight excluding hydrogens is 757 g/mol. The Morgan fingerprint density at radius 3 is 1.05 bits per heavy atom. The summed E-state index contributed by atoms with van der Waals surface area (Å²) in [6.45, 7) is 4.48. The highest BCUT2D eigenvalue weighted by molar-refractivity contribution is 6.22. The van der Waals surface area contributed by atoms with Gasteiger partial charge in [0.25, 0.3) is 0 Å². The van der Waals surface area contributed by atoms with Crippen molar-refractivity contribution in [2.75, 3.05) is 0 Å². The molecule has 11 aromatic rings. The van der Waals surface area contributed by atoms with Crippen molar-refractivity contribution in [1.82, 2.24) is 0 Å². The van der Waals surface area contributed by atoms with E-state index < -0.39 is 0 Å². The fourth-order valence-corrected chi connectivity index (χ4v) is 10.1. The molecule has 0 aliphatic heterocycles. The third-order valence-electron chi connectivity index (χ3n) is 13.2. The first kappa shape index (κ1) is 38.4. The van der Waals surface area contributed by atoms with Crippen LogP contribution >= 0.6 is 0 Å². The van der Waals surface area contributed by atoms with Crippen molar-refractivity contribution in [2.24, 2.45) is 0 Å². The summed E-state index contributed by atoms with van der Waals surface area (Å²) in [6.07, 6.45) is 3.23. The number of hydrogen-bond donors (Lipinski definition) is 0. The standard InChI is InChI=1S/C63H48/c1-3-15-43-30-34-47(35-31-43)61-41-49(37-39-55(61)53-27-14-19-45-17-6-8-21-51(45)53)63-58-24-11-9-22-56(58)62(57-23-10-12-25-59(57)63)48-36-38-54(52-26-13-18-44-16-5-7-20-50(44)52)60(40-48)46-32-28-42(4-2)29-33-46/h5-14,16-41H,3-4,15H2,1-2H3. The van der Waals surface area contributed by atoms with Crippen LogP contribution in [0.4, 0.5) is 0 Å². The molecular formula is C63H48. The highest BCUT2D eigenvalue weighted by atomic mass is 14.2. The van der Waals surface area contributed by atoms with Gasteiger partial charge < -0.3 is 0 Å². The zero-order valence-electron chi connectivity index (χ0n) is 35.9. The number of rotatable bonds is 9. The molecule has 0 heterocycles. The molecule has 0 aliphatic carbocycles. The van der Waals surface area contributed by atoms with Gasteiger partial charge in [0.15, 0.2) is 0 Å². The van der Waals surface area contributed by atoms with Gasteiger partial charge in [0, 0.05) is 0 Å². The second-order valence-electron chi connectivity index (χ2n) is 16.9. The van der Waals surface area contributed by atoms with Crippen molar-refractivity contribution in [3.05, 3.63) is 230 Å². The molecule has 0 heteroatoms. The Hall–Kier alpha value is -7.54. The summed E-state index contributed by atoms with van der Waals surface area (Å²) in [7, 11) is 0. The monoisotopic (exact) mass is 804 g/mol. The van der Waals surface area contributed by atoms with Crippen molar-refractivity contribution >= 4 is 43.1 Å². The van der Waals surface area contributed by atoms with E-state index in [2.05, 4.69) is 232 Å². The minimum absolute atomic E-state index is 1.01. The van der Waals surface area contributed by atoms with Gasteiger partial charge in [0.1, 0.15) is 0 Å². The fraction of sp³-hybridized carbons (Fsp3) is 0.0794. The van der Waals surface area contributed by atoms with Crippen molar-refractivity contribution < 1.29 is 0 Å². The highest BCUT2D eigenvalue weighted by Crippen LogP contribution is 2.48. The lowest BCUT2D eigenvalue weighted by atomic mass is 9.82. The van der Waals surface area contributed by atoms with Gasteiger partial charge >= 0.3 is 0 Å². The van der Waals surface area contributed by atoms with Crippen LogP contribution in [0.2, 0.25) is 0 Å². The molecule has 0 fully saturated rings. The van der Waals surface area contributed by atoms with Crippen LogP contribution in [-0.2, 0) is 12.8 Å². The third kappa shape index (κ3) is 6.89. The summed E-state index contributed by atoms with van der Waals surface area (Å²) in [6, 6.07) is 81.8. The highest BCUT2D eigenvalue weighted by Gasteiger charge is 2.21. The maximum atomic E-state index is 2.46. The van der Waals surface area contributed by atoms with Gasteiger partial charge in [-0.3, -0.25) is 0 Å². The molecule has 300 valence electrons. The summed E-state index contributed by atoms with van der Waals surface area (Å²) < 4.78 is 0. The first-order valence-electron chi connectivity index (χ1n) is 22.5. The number of hydrogen-bond acceptors (Lipinski definition) is 0. The van der Waals surface area contributed by atoms with Crippen LogP contribution in [0.1, 0.15) is 31.4 Å². The van der Waals surface area contributed by atoms with Gasteiger partial charge in [0.05, 0.1) is 0 Å². The third-order valence-corrected chi connectivity index (χ3v) is 13.2. The van der Waals surface area contributed by atoms with E-state index in [0.717, 1.165) is 19.3 Å². The largest absolute Gasteiger partial charge is 0.0651 e. The normalized spacial score (nSPS) is 11.5. The van der Waals surface area contributed by atoms with E-state index in [1.807, 2.05) is 0 Å². The van der Waals surface area contributed by atoms with E-state index in [1.54, 1.807) is 0 Å². The summed E-state index contributed by atoms with van der Waals surface area (Å²) >= 11 is 0. The zero-order valence-corrected chi connectivity index (χ0v) is 35.9. The molecule has 0 atom stereocenters. The lowest BCUT2D eigenvalue weighted by Crippen LogP contribution is -1.94. The molecule has 63 heavy (non-hydrogen) atoms. The van der Waals surface area contributed by atoms with Crippen LogP contribution in [0.3, 0.4) is 0 Å². The van der Waals surface area contributed by atoms with Gasteiger partial charge in [0.2, 0.25) is 0 Å². The van der Waals surface area contributed by atoms with Crippen molar-refractivity contribution in [3.63, 3.8) is 0 Å². The smallest absolute Gasteiger partial charge is 0.00261 e. The summed E-state index contributed by atoms with van der Waals surface area (Å²) in [5, 5.41) is 10.0. The summed E-state index contributed by atoms with van der Waals surface area (Å²) in [4.78, 5) is 0. The molecule has 11 rings (SSSR count). The Bertz CT molecular complexity index is 3410. The second-order valence-corrected chi connectivity index (χ2v) is 16.9. The molecule has 0 N–H and O–H groups in total. The van der Waals surface area contributed by atoms with Crippen LogP contribution in [0.5, 0.6) is 0 Å². The summed E-state index contributed by atoms with van der Waals surface area (Å²) in [5.41, 5.74) is 17.6. The molecule has 0 spiro atoms. The Labute approximate surface area is 370 Å². The second kappa shape index (κ2) is 16.4. The average molecular weight is 805 g/mol. The van der Waals surface area contributed by atoms with E-state index >= 15 is 0 Å². The Morgan fingerprint density at radius 1 is 0.270 bits per heavy atom. The minimum Gasteiger partial charge on any atom is -0.0651 e. The van der Waals surface area contributed by atoms with Gasteiger partial charge in [-0.15, -0.1) is 0 Å². The SMILES string of the molecule is CCCc1ccc(-c2cc(-c3c4ccccc4c(-c4ccc(-c5cccc6ccccc56)c(-c5ccc(CC)cc5)c4)c4ccccc34)ccc2-c2cccc3ccccc23)cc1. The number of fused-ring (bicyclic) bond motifs is 4. The number of aryl methyl sites for hydroxylation is 2. The van der Waals surface area contributed by atoms with Crippen LogP contribution in [0, 0.1) is 0 Å². The predicted molar refractivity (Wildman–Crippen MR) is 272 cm³/mol.